The topological polar surface area (TPSA) is 20.3 Å². The molecule has 0 bridgehead atoms. The van der Waals surface area contributed by atoms with E-state index in [4.69, 9.17) is 0 Å². The van der Waals surface area contributed by atoms with E-state index in [1.165, 1.54) is 4.90 Å². The molecule has 5 heteroatoms. The fraction of sp³-hybridized carbons (Fsp3) is 0.364. The number of amides is 1. The van der Waals surface area contributed by atoms with Crippen LogP contribution in [0.15, 0.2) is 12.1 Å². The average molecular weight is 229 g/mol. The van der Waals surface area contributed by atoms with Crippen LogP contribution in [-0.2, 0) is 0 Å². The fourth-order valence-electron chi connectivity index (χ4n) is 1.82. The van der Waals surface area contributed by atoms with Gasteiger partial charge >= 0.3 is 0 Å². The molecule has 1 fully saturated rings. The van der Waals surface area contributed by atoms with Crippen molar-refractivity contribution in [3.05, 3.63) is 35.1 Å². The highest BCUT2D eigenvalue weighted by atomic mass is 19.1. The van der Waals surface area contributed by atoms with Crippen molar-refractivity contribution in [3.63, 3.8) is 0 Å². The lowest BCUT2D eigenvalue weighted by atomic mass is 10.1. The highest BCUT2D eigenvalue weighted by Gasteiger charge is 2.25. The van der Waals surface area contributed by atoms with Crippen LogP contribution in [0.1, 0.15) is 23.2 Å². The van der Waals surface area contributed by atoms with Crippen LogP contribution in [0.25, 0.3) is 0 Å². The minimum absolute atomic E-state index is 0.495. The van der Waals surface area contributed by atoms with Crippen LogP contribution < -0.4 is 0 Å². The predicted octanol–water partition coefficient (Wildman–Crippen LogP) is 2.34. The number of likely N-dealkylation sites (tertiary alicyclic amines) is 1. The summed E-state index contributed by atoms with van der Waals surface area (Å²) >= 11 is 0. The van der Waals surface area contributed by atoms with Crippen molar-refractivity contribution in [2.75, 3.05) is 13.1 Å². The van der Waals surface area contributed by atoms with E-state index in [0.717, 1.165) is 12.8 Å². The van der Waals surface area contributed by atoms with Crippen molar-refractivity contribution < 1.29 is 18.0 Å². The predicted molar refractivity (Wildman–Crippen MR) is 51.5 cm³/mol. The molecular weight excluding hydrogens is 219 g/mol. The van der Waals surface area contributed by atoms with E-state index in [1.54, 1.807) is 0 Å². The number of carbonyl (C=O) groups is 1. The Bertz CT molecular complexity index is 404. The molecule has 0 saturated carbocycles. The first-order valence-electron chi connectivity index (χ1n) is 5.03. The van der Waals surface area contributed by atoms with Crippen LogP contribution in [0.5, 0.6) is 0 Å². The minimum Gasteiger partial charge on any atom is -0.338 e. The van der Waals surface area contributed by atoms with Gasteiger partial charge in [-0.2, -0.15) is 0 Å². The number of carbonyl (C=O) groups excluding carboxylic acids is 1. The Morgan fingerprint density at radius 2 is 1.56 bits per heavy atom. The zero-order valence-corrected chi connectivity index (χ0v) is 8.47. The van der Waals surface area contributed by atoms with Crippen LogP contribution in [0.3, 0.4) is 0 Å². The fourth-order valence-corrected chi connectivity index (χ4v) is 1.82. The van der Waals surface area contributed by atoms with Crippen LogP contribution in [0, 0.1) is 17.5 Å². The third-order valence-electron chi connectivity index (χ3n) is 2.61. The SMILES string of the molecule is O=C(c1c(F)cc(F)cc1F)N1CCCC1. The summed E-state index contributed by atoms with van der Waals surface area (Å²) in [6.07, 6.45) is 1.66. The second kappa shape index (κ2) is 4.15. The van der Waals surface area contributed by atoms with E-state index in [0.29, 0.717) is 25.2 Å². The Balaban J connectivity index is 2.35. The van der Waals surface area contributed by atoms with Gasteiger partial charge in [0, 0.05) is 25.2 Å². The van der Waals surface area contributed by atoms with Crippen molar-refractivity contribution in [2.45, 2.75) is 12.8 Å². The Labute approximate surface area is 90.7 Å². The third kappa shape index (κ3) is 1.89. The van der Waals surface area contributed by atoms with Gasteiger partial charge in [0.25, 0.3) is 5.91 Å². The highest BCUT2D eigenvalue weighted by molar-refractivity contribution is 5.94. The first-order chi connectivity index (χ1) is 7.59. The van der Waals surface area contributed by atoms with Gasteiger partial charge in [0.1, 0.15) is 23.0 Å². The molecule has 0 spiro atoms. The molecule has 0 unspecified atom stereocenters. The van der Waals surface area contributed by atoms with E-state index in [2.05, 4.69) is 0 Å². The Morgan fingerprint density at radius 3 is 2.06 bits per heavy atom. The smallest absolute Gasteiger partial charge is 0.259 e. The summed E-state index contributed by atoms with van der Waals surface area (Å²) in [4.78, 5) is 13.1. The first kappa shape index (κ1) is 11.0. The maximum Gasteiger partial charge on any atom is 0.259 e. The van der Waals surface area contributed by atoms with Crippen LogP contribution in [-0.4, -0.2) is 23.9 Å². The Kier molecular flexibility index (Phi) is 2.85. The van der Waals surface area contributed by atoms with Crippen molar-refractivity contribution in [2.24, 2.45) is 0 Å². The minimum atomic E-state index is -1.14. The molecule has 1 saturated heterocycles. The summed E-state index contributed by atoms with van der Waals surface area (Å²) in [5.41, 5.74) is -0.664. The van der Waals surface area contributed by atoms with Crippen molar-refractivity contribution >= 4 is 5.91 Å². The second-order valence-electron chi connectivity index (χ2n) is 3.74. The van der Waals surface area contributed by atoms with Crippen molar-refractivity contribution in [1.82, 2.24) is 4.90 Å². The van der Waals surface area contributed by atoms with Crippen LogP contribution in [0.4, 0.5) is 13.2 Å². The first-order valence-corrected chi connectivity index (χ1v) is 5.03. The molecule has 2 rings (SSSR count). The van der Waals surface area contributed by atoms with Crippen LogP contribution in [0.2, 0.25) is 0 Å². The summed E-state index contributed by atoms with van der Waals surface area (Å²) in [6, 6.07) is 1.04. The molecule has 1 aromatic carbocycles. The third-order valence-corrected chi connectivity index (χ3v) is 2.61. The molecule has 0 radical (unpaired) electrons. The van der Waals surface area contributed by atoms with Gasteiger partial charge < -0.3 is 4.90 Å². The molecule has 1 amide bonds. The van der Waals surface area contributed by atoms with E-state index in [9.17, 15) is 18.0 Å². The molecule has 0 aromatic heterocycles. The summed E-state index contributed by atoms with van der Waals surface area (Å²) in [7, 11) is 0. The molecule has 1 aromatic rings. The Hall–Kier alpha value is -1.52. The largest absolute Gasteiger partial charge is 0.338 e. The maximum absolute atomic E-state index is 13.3. The molecular formula is C11H10F3NO. The maximum atomic E-state index is 13.3. The average Bonchev–Trinajstić information content (AvgIpc) is 2.67. The molecule has 1 aliphatic rings. The van der Waals surface area contributed by atoms with Crippen LogP contribution >= 0.6 is 0 Å². The molecule has 16 heavy (non-hydrogen) atoms. The Morgan fingerprint density at radius 1 is 1.06 bits per heavy atom. The summed E-state index contributed by atoms with van der Waals surface area (Å²) < 4.78 is 39.2. The molecule has 1 aliphatic heterocycles. The number of benzene rings is 1. The zero-order chi connectivity index (χ0) is 11.7. The molecule has 86 valence electrons. The number of hydrogen-bond donors (Lipinski definition) is 0. The summed E-state index contributed by atoms with van der Waals surface area (Å²) in [5, 5.41) is 0. The normalized spacial score (nSPS) is 15.6. The molecule has 0 atom stereocenters. The lowest BCUT2D eigenvalue weighted by molar-refractivity contribution is 0.0783. The lowest BCUT2D eigenvalue weighted by Gasteiger charge is -2.15. The number of rotatable bonds is 1. The van der Waals surface area contributed by atoms with Gasteiger partial charge in [-0.05, 0) is 12.8 Å². The monoisotopic (exact) mass is 229 g/mol. The van der Waals surface area contributed by atoms with E-state index in [-0.39, 0.29) is 0 Å². The van der Waals surface area contributed by atoms with Gasteiger partial charge in [-0.1, -0.05) is 0 Å². The summed E-state index contributed by atoms with van der Waals surface area (Å²) in [5.74, 6) is -4.01. The van der Waals surface area contributed by atoms with E-state index < -0.39 is 28.9 Å². The highest BCUT2D eigenvalue weighted by Crippen LogP contribution is 2.19. The molecule has 1 heterocycles. The van der Waals surface area contributed by atoms with E-state index >= 15 is 0 Å². The molecule has 0 N–H and O–H groups in total. The lowest BCUT2D eigenvalue weighted by Crippen LogP contribution is -2.29. The molecule has 2 nitrogen and oxygen atoms in total. The van der Waals surface area contributed by atoms with Gasteiger partial charge in [-0.3, -0.25) is 4.79 Å². The van der Waals surface area contributed by atoms with Gasteiger partial charge in [0.2, 0.25) is 0 Å². The quantitative estimate of drug-likeness (QED) is 0.723. The van der Waals surface area contributed by atoms with Crippen molar-refractivity contribution in [1.29, 1.82) is 0 Å². The molecule has 0 aliphatic carbocycles. The second-order valence-corrected chi connectivity index (χ2v) is 3.74. The van der Waals surface area contributed by atoms with Gasteiger partial charge in [-0.15, -0.1) is 0 Å². The van der Waals surface area contributed by atoms with Crippen molar-refractivity contribution in [3.8, 4) is 0 Å². The summed E-state index contributed by atoms with van der Waals surface area (Å²) in [6.45, 7) is 0.990. The van der Waals surface area contributed by atoms with Gasteiger partial charge in [-0.25, -0.2) is 13.2 Å². The number of hydrogen-bond acceptors (Lipinski definition) is 1. The number of nitrogens with zero attached hydrogens (tertiary/aromatic N) is 1. The van der Waals surface area contributed by atoms with E-state index in [1.807, 2.05) is 0 Å². The van der Waals surface area contributed by atoms with Gasteiger partial charge in [0.05, 0.1) is 0 Å². The number of halogens is 3. The zero-order valence-electron chi connectivity index (χ0n) is 8.47. The standard InChI is InChI=1S/C11H10F3NO/c12-7-5-8(13)10(9(14)6-7)11(16)15-3-1-2-4-15/h5-6H,1-4H2. The van der Waals surface area contributed by atoms with Gasteiger partial charge in [0.15, 0.2) is 0 Å².